The molecule has 2 rings (SSSR count). The number of hydrogen-bond donors (Lipinski definition) is 2. The zero-order valence-corrected chi connectivity index (χ0v) is 10.2. The second-order valence-electron chi connectivity index (χ2n) is 5.59. The SMILES string of the molecule is O=C(O)CC1(NC(=O)CCC2CCC2)CCC1. The van der Waals surface area contributed by atoms with E-state index in [0.29, 0.717) is 6.42 Å². The third-order valence-corrected chi connectivity index (χ3v) is 4.21. The summed E-state index contributed by atoms with van der Waals surface area (Å²) < 4.78 is 0. The lowest BCUT2D eigenvalue weighted by Crippen LogP contribution is -2.54. The number of carbonyl (C=O) groups is 2. The molecule has 2 N–H and O–H groups in total. The van der Waals surface area contributed by atoms with Crippen molar-refractivity contribution >= 4 is 11.9 Å². The molecule has 0 atom stereocenters. The van der Waals surface area contributed by atoms with E-state index in [0.717, 1.165) is 31.6 Å². The maximum absolute atomic E-state index is 11.8. The summed E-state index contributed by atoms with van der Waals surface area (Å²) in [7, 11) is 0. The van der Waals surface area contributed by atoms with Crippen LogP contribution >= 0.6 is 0 Å². The molecular weight excluding hydrogens is 218 g/mol. The van der Waals surface area contributed by atoms with Crippen LogP contribution in [0.5, 0.6) is 0 Å². The fourth-order valence-electron chi connectivity index (χ4n) is 2.71. The fourth-order valence-corrected chi connectivity index (χ4v) is 2.71. The van der Waals surface area contributed by atoms with Gasteiger partial charge in [-0.15, -0.1) is 0 Å². The van der Waals surface area contributed by atoms with E-state index in [1.807, 2.05) is 0 Å². The minimum Gasteiger partial charge on any atom is -0.481 e. The van der Waals surface area contributed by atoms with E-state index in [1.165, 1.54) is 19.3 Å². The van der Waals surface area contributed by atoms with Crippen LogP contribution in [0, 0.1) is 5.92 Å². The van der Waals surface area contributed by atoms with Gasteiger partial charge in [0.05, 0.1) is 12.0 Å². The Morgan fingerprint density at radius 1 is 1.24 bits per heavy atom. The van der Waals surface area contributed by atoms with Gasteiger partial charge < -0.3 is 10.4 Å². The van der Waals surface area contributed by atoms with Gasteiger partial charge in [0.2, 0.25) is 5.91 Å². The van der Waals surface area contributed by atoms with E-state index in [2.05, 4.69) is 5.32 Å². The van der Waals surface area contributed by atoms with Crippen LogP contribution in [0.1, 0.15) is 57.8 Å². The van der Waals surface area contributed by atoms with Crippen molar-refractivity contribution in [2.24, 2.45) is 5.92 Å². The molecule has 17 heavy (non-hydrogen) atoms. The van der Waals surface area contributed by atoms with Crippen molar-refractivity contribution in [2.45, 2.75) is 63.3 Å². The molecule has 0 aromatic heterocycles. The van der Waals surface area contributed by atoms with Crippen molar-refractivity contribution < 1.29 is 14.7 Å². The minimum absolute atomic E-state index is 0.0397. The molecule has 2 aliphatic rings. The molecule has 0 saturated heterocycles. The maximum atomic E-state index is 11.8. The number of nitrogens with one attached hydrogen (secondary N) is 1. The number of carboxylic acids is 1. The molecule has 1 amide bonds. The first-order valence-corrected chi connectivity index (χ1v) is 6.62. The fraction of sp³-hybridized carbons (Fsp3) is 0.846. The molecule has 4 nitrogen and oxygen atoms in total. The normalized spacial score (nSPS) is 22.4. The highest BCUT2D eigenvalue weighted by molar-refractivity contribution is 5.78. The van der Waals surface area contributed by atoms with Gasteiger partial charge in [0, 0.05) is 6.42 Å². The number of carbonyl (C=O) groups excluding carboxylic acids is 1. The summed E-state index contributed by atoms with van der Waals surface area (Å²) in [6.45, 7) is 0. The molecule has 0 heterocycles. The standard InChI is InChI=1S/C13H21NO3/c15-11(6-5-10-3-1-4-10)14-13(7-2-8-13)9-12(16)17/h10H,1-9H2,(H,14,15)(H,16,17). The molecule has 0 aromatic rings. The van der Waals surface area contributed by atoms with Crippen LogP contribution in [0.15, 0.2) is 0 Å². The van der Waals surface area contributed by atoms with Crippen molar-refractivity contribution in [3.8, 4) is 0 Å². The van der Waals surface area contributed by atoms with Gasteiger partial charge in [0.25, 0.3) is 0 Å². The highest BCUT2D eigenvalue weighted by atomic mass is 16.4. The number of amides is 1. The van der Waals surface area contributed by atoms with Crippen molar-refractivity contribution in [1.82, 2.24) is 5.32 Å². The Labute approximate surface area is 102 Å². The van der Waals surface area contributed by atoms with Crippen molar-refractivity contribution in [2.75, 3.05) is 0 Å². The Morgan fingerprint density at radius 2 is 1.94 bits per heavy atom. The Bertz CT molecular complexity index is 306. The quantitative estimate of drug-likeness (QED) is 0.745. The predicted molar refractivity (Wildman–Crippen MR) is 63.6 cm³/mol. The molecule has 0 aromatic carbocycles. The largest absolute Gasteiger partial charge is 0.481 e. The van der Waals surface area contributed by atoms with Crippen molar-refractivity contribution in [1.29, 1.82) is 0 Å². The molecule has 0 spiro atoms. The topological polar surface area (TPSA) is 66.4 Å². The van der Waals surface area contributed by atoms with Gasteiger partial charge in [-0.3, -0.25) is 9.59 Å². The Morgan fingerprint density at radius 3 is 2.35 bits per heavy atom. The lowest BCUT2D eigenvalue weighted by molar-refractivity contribution is -0.140. The highest BCUT2D eigenvalue weighted by Gasteiger charge is 2.40. The van der Waals surface area contributed by atoms with Gasteiger partial charge in [0.1, 0.15) is 0 Å². The van der Waals surface area contributed by atoms with Crippen molar-refractivity contribution in [3.63, 3.8) is 0 Å². The summed E-state index contributed by atoms with van der Waals surface area (Å²) in [5.74, 6) is -0.0422. The van der Waals surface area contributed by atoms with Crippen LogP contribution in [-0.4, -0.2) is 22.5 Å². The van der Waals surface area contributed by atoms with Crippen LogP contribution < -0.4 is 5.32 Å². The second-order valence-corrected chi connectivity index (χ2v) is 5.59. The van der Waals surface area contributed by atoms with E-state index in [9.17, 15) is 9.59 Å². The minimum atomic E-state index is -0.816. The molecule has 0 radical (unpaired) electrons. The molecule has 96 valence electrons. The zero-order chi connectivity index (χ0) is 12.3. The number of rotatable bonds is 6. The number of aliphatic carboxylic acids is 1. The maximum Gasteiger partial charge on any atom is 0.305 e. The Balaban J connectivity index is 1.73. The van der Waals surface area contributed by atoms with Gasteiger partial charge in [-0.1, -0.05) is 19.3 Å². The molecule has 2 saturated carbocycles. The van der Waals surface area contributed by atoms with Gasteiger partial charge in [-0.05, 0) is 31.6 Å². The van der Waals surface area contributed by atoms with Gasteiger partial charge in [0.15, 0.2) is 0 Å². The summed E-state index contributed by atoms with van der Waals surface area (Å²) in [6, 6.07) is 0. The van der Waals surface area contributed by atoms with Crippen LogP contribution in [0.2, 0.25) is 0 Å². The highest BCUT2D eigenvalue weighted by Crippen LogP contribution is 2.35. The van der Waals surface area contributed by atoms with Gasteiger partial charge >= 0.3 is 5.97 Å². The number of hydrogen-bond acceptors (Lipinski definition) is 2. The summed E-state index contributed by atoms with van der Waals surface area (Å²) >= 11 is 0. The molecule has 0 unspecified atom stereocenters. The lowest BCUT2D eigenvalue weighted by atomic mass is 9.74. The summed E-state index contributed by atoms with van der Waals surface area (Å²) in [4.78, 5) is 22.5. The zero-order valence-electron chi connectivity index (χ0n) is 10.2. The first-order valence-electron chi connectivity index (χ1n) is 6.62. The van der Waals surface area contributed by atoms with Crippen LogP contribution in [0.25, 0.3) is 0 Å². The first kappa shape index (κ1) is 12.4. The van der Waals surface area contributed by atoms with E-state index >= 15 is 0 Å². The number of carboxylic acid groups (broad SMARTS) is 1. The molecule has 2 aliphatic carbocycles. The average Bonchev–Trinajstić information content (AvgIpc) is 2.11. The van der Waals surface area contributed by atoms with Crippen LogP contribution in [0.4, 0.5) is 0 Å². The Hall–Kier alpha value is -1.06. The molecule has 0 aliphatic heterocycles. The molecule has 2 fully saturated rings. The Kier molecular flexibility index (Phi) is 3.69. The molecule has 0 bridgehead atoms. The van der Waals surface area contributed by atoms with E-state index in [4.69, 9.17) is 5.11 Å². The average molecular weight is 239 g/mol. The summed E-state index contributed by atoms with van der Waals surface area (Å²) in [5.41, 5.74) is -0.428. The summed E-state index contributed by atoms with van der Waals surface area (Å²) in [6.07, 6.45) is 8.07. The second kappa shape index (κ2) is 5.07. The molecular formula is C13H21NO3. The smallest absolute Gasteiger partial charge is 0.305 e. The lowest BCUT2D eigenvalue weighted by Gasteiger charge is -2.41. The van der Waals surface area contributed by atoms with Crippen molar-refractivity contribution in [3.05, 3.63) is 0 Å². The van der Waals surface area contributed by atoms with E-state index < -0.39 is 11.5 Å². The van der Waals surface area contributed by atoms with E-state index in [1.54, 1.807) is 0 Å². The summed E-state index contributed by atoms with van der Waals surface area (Å²) in [5, 5.41) is 11.8. The van der Waals surface area contributed by atoms with Crippen LogP contribution in [0.3, 0.4) is 0 Å². The van der Waals surface area contributed by atoms with Gasteiger partial charge in [-0.25, -0.2) is 0 Å². The molecule has 4 heteroatoms. The van der Waals surface area contributed by atoms with E-state index in [-0.39, 0.29) is 12.3 Å². The first-order chi connectivity index (χ1) is 8.10. The predicted octanol–water partition coefficient (Wildman–Crippen LogP) is 2.08. The van der Waals surface area contributed by atoms with Gasteiger partial charge in [-0.2, -0.15) is 0 Å². The van der Waals surface area contributed by atoms with Crippen LogP contribution in [-0.2, 0) is 9.59 Å². The third kappa shape index (κ3) is 3.20. The third-order valence-electron chi connectivity index (χ3n) is 4.21. The monoisotopic (exact) mass is 239 g/mol.